The molecule has 186 valence electrons. The molecule has 2 heterocycles. The van der Waals surface area contributed by atoms with Crippen LogP contribution < -0.4 is 20.9 Å². The number of rotatable bonds is 9. The zero-order valence-corrected chi connectivity index (χ0v) is 19.5. The maximum Gasteiger partial charge on any atom is 0.459 e. The highest BCUT2D eigenvalue weighted by atomic mass is 31.2. The predicted octanol–water partition coefficient (Wildman–Crippen LogP) is -0.101. The number of carbonyl (C=O) groups excluding carboxylic acids is 1. The lowest BCUT2D eigenvalue weighted by Gasteiger charge is -2.28. The second-order valence-electron chi connectivity index (χ2n) is 7.58. The lowest BCUT2D eigenvalue weighted by atomic mass is 10.1. The second-order valence-corrected chi connectivity index (χ2v) is 9.22. The number of benzene rings is 1. The van der Waals surface area contributed by atoms with Gasteiger partial charge >= 0.3 is 19.4 Å². The molecule has 34 heavy (non-hydrogen) atoms. The summed E-state index contributed by atoms with van der Waals surface area (Å²) >= 11 is 0. The normalized spacial score (nSPS) is 25.8. The highest BCUT2D eigenvalue weighted by Gasteiger charge is 2.49. The van der Waals surface area contributed by atoms with Gasteiger partial charge in [0.05, 0.1) is 13.2 Å². The molecule has 14 heteroatoms. The number of ether oxygens (including phenoxy) is 2. The maximum absolute atomic E-state index is 13.6. The first-order valence-corrected chi connectivity index (χ1v) is 11.8. The van der Waals surface area contributed by atoms with Gasteiger partial charge in [0.2, 0.25) is 0 Å². The molecule has 1 aromatic carbocycles. The first-order valence-electron chi connectivity index (χ1n) is 10.3. The molecular formula is C20H26N3O10P. The molecule has 0 aliphatic carbocycles. The average molecular weight is 499 g/mol. The third-order valence-corrected chi connectivity index (χ3v) is 6.81. The van der Waals surface area contributed by atoms with E-state index in [1.54, 1.807) is 18.2 Å². The molecule has 4 N–H and O–H groups in total. The Hall–Kier alpha value is -2.80. The third-order valence-electron chi connectivity index (χ3n) is 5.04. The van der Waals surface area contributed by atoms with Crippen molar-refractivity contribution in [3.8, 4) is 5.75 Å². The van der Waals surface area contributed by atoms with Crippen LogP contribution in [0, 0.1) is 0 Å². The number of methoxy groups -OCH3 is 1. The second kappa shape index (κ2) is 10.6. The Bertz CT molecular complexity index is 1150. The molecule has 0 saturated carbocycles. The van der Waals surface area contributed by atoms with Crippen LogP contribution in [0.2, 0.25) is 0 Å². The molecule has 13 nitrogen and oxygen atoms in total. The van der Waals surface area contributed by atoms with Crippen LogP contribution in [0.3, 0.4) is 0 Å². The molecule has 0 bridgehead atoms. The number of aliphatic hydroxyl groups is 2. The number of H-pyrrole nitrogens is 1. The minimum atomic E-state index is -4.27. The fraction of sp³-hybridized carbons (Fsp3) is 0.450. The molecule has 1 unspecified atom stereocenters. The van der Waals surface area contributed by atoms with Gasteiger partial charge in [0.1, 0.15) is 30.1 Å². The Morgan fingerprint density at radius 2 is 1.85 bits per heavy atom. The van der Waals surface area contributed by atoms with E-state index in [4.69, 9.17) is 13.8 Å². The van der Waals surface area contributed by atoms with Gasteiger partial charge in [-0.05, 0) is 26.0 Å². The van der Waals surface area contributed by atoms with Gasteiger partial charge in [-0.15, -0.1) is 0 Å². The summed E-state index contributed by atoms with van der Waals surface area (Å²) in [4.78, 5) is 37.3. The van der Waals surface area contributed by atoms with E-state index >= 15 is 0 Å². The zero-order chi connectivity index (χ0) is 25.0. The van der Waals surface area contributed by atoms with Crippen molar-refractivity contribution in [1.29, 1.82) is 0 Å². The van der Waals surface area contributed by atoms with Crippen molar-refractivity contribution in [2.45, 2.75) is 50.5 Å². The molecule has 1 fully saturated rings. The zero-order valence-electron chi connectivity index (χ0n) is 18.6. The van der Waals surface area contributed by atoms with Crippen LogP contribution in [-0.2, 0) is 23.4 Å². The van der Waals surface area contributed by atoms with Gasteiger partial charge in [-0.3, -0.25) is 23.7 Å². The van der Waals surface area contributed by atoms with E-state index in [9.17, 15) is 29.2 Å². The van der Waals surface area contributed by atoms with Crippen molar-refractivity contribution in [3.05, 3.63) is 63.4 Å². The van der Waals surface area contributed by atoms with Crippen molar-refractivity contribution in [1.82, 2.24) is 14.6 Å². The first-order chi connectivity index (χ1) is 16.0. The number of aromatic amines is 1. The molecule has 1 saturated heterocycles. The van der Waals surface area contributed by atoms with E-state index in [2.05, 4.69) is 9.82 Å². The number of aromatic nitrogens is 2. The number of hydrogen-bond acceptors (Lipinski definition) is 10. The smallest absolute Gasteiger partial charge is 0.459 e. The van der Waals surface area contributed by atoms with Gasteiger partial charge in [0.25, 0.3) is 5.56 Å². The van der Waals surface area contributed by atoms with Crippen molar-refractivity contribution in [2.75, 3.05) is 7.11 Å². The number of hydrogen-bond donors (Lipinski definition) is 4. The first kappa shape index (κ1) is 25.8. The van der Waals surface area contributed by atoms with Crippen molar-refractivity contribution in [2.24, 2.45) is 0 Å². The molecular weight excluding hydrogens is 473 g/mol. The monoisotopic (exact) mass is 499 g/mol. The summed E-state index contributed by atoms with van der Waals surface area (Å²) in [6.45, 7) is 2.80. The lowest BCUT2D eigenvalue weighted by molar-refractivity contribution is -0.142. The van der Waals surface area contributed by atoms with Gasteiger partial charge in [-0.25, -0.2) is 9.36 Å². The van der Waals surface area contributed by atoms with Crippen LogP contribution >= 0.6 is 7.75 Å². The van der Waals surface area contributed by atoms with E-state index in [1.165, 1.54) is 26.0 Å². The topological polar surface area (TPSA) is 178 Å². The van der Waals surface area contributed by atoms with E-state index < -0.39 is 61.7 Å². The summed E-state index contributed by atoms with van der Waals surface area (Å²) in [6, 6.07) is 8.01. The van der Waals surface area contributed by atoms with E-state index in [1.807, 2.05) is 4.98 Å². The molecule has 1 aliphatic heterocycles. The van der Waals surface area contributed by atoms with Crippen molar-refractivity contribution in [3.63, 3.8) is 0 Å². The van der Waals surface area contributed by atoms with Gasteiger partial charge in [0.15, 0.2) is 6.23 Å². The van der Waals surface area contributed by atoms with Gasteiger partial charge < -0.3 is 24.2 Å². The Kier molecular flexibility index (Phi) is 8.08. The summed E-state index contributed by atoms with van der Waals surface area (Å²) in [6.07, 6.45) is -5.80. The fourth-order valence-corrected chi connectivity index (χ4v) is 5.07. The Labute approximate surface area is 193 Å². The van der Waals surface area contributed by atoms with Gasteiger partial charge in [-0.1, -0.05) is 18.2 Å². The quantitative estimate of drug-likeness (QED) is 0.267. The minimum absolute atomic E-state index is 0.174. The molecule has 1 aromatic heterocycles. The largest absolute Gasteiger partial charge is 0.468 e. The summed E-state index contributed by atoms with van der Waals surface area (Å²) in [7, 11) is -3.10. The molecule has 0 amide bonds. The van der Waals surface area contributed by atoms with E-state index in [0.717, 1.165) is 23.9 Å². The summed E-state index contributed by atoms with van der Waals surface area (Å²) in [5, 5.41) is 23.5. The molecule has 0 spiro atoms. The van der Waals surface area contributed by atoms with E-state index in [0.29, 0.717) is 0 Å². The predicted molar refractivity (Wildman–Crippen MR) is 117 cm³/mol. The number of esters is 1. The summed E-state index contributed by atoms with van der Waals surface area (Å²) in [5.41, 5.74) is -1.50. The summed E-state index contributed by atoms with van der Waals surface area (Å²) in [5.74, 6) is -0.550. The number of aliphatic hydroxyl groups excluding tert-OH is 2. The number of nitrogens with one attached hydrogen (secondary N) is 2. The molecule has 3 rings (SSSR count). The molecule has 0 radical (unpaired) electrons. The third kappa shape index (κ3) is 5.81. The number of para-hydroxylation sites is 1. The van der Waals surface area contributed by atoms with Crippen LogP contribution in [0.1, 0.15) is 20.1 Å². The fourth-order valence-electron chi connectivity index (χ4n) is 3.38. The minimum Gasteiger partial charge on any atom is -0.468 e. The van der Waals surface area contributed by atoms with Gasteiger partial charge in [0, 0.05) is 12.3 Å². The Morgan fingerprint density at radius 1 is 1.18 bits per heavy atom. The van der Waals surface area contributed by atoms with Crippen LogP contribution in [0.15, 0.2) is 52.2 Å². The highest BCUT2D eigenvalue weighted by molar-refractivity contribution is 7.52. The van der Waals surface area contributed by atoms with Crippen molar-refractivity contribution >= 4 is 13.7 Å². The SMILES string of the molecule is COC(=O)[C@H](C)NP(=O)(Oc1ccccc1)O[C@@H](C)[C@H]1O[C@@H](n2ccc(=O)[nH]c2=O)[C@H](O)[C@@H]1O. The van der Waals surface area contributed by atoms with Crippen LogP contribution in [0.25, 0.3) is 0 Å². The van der Waals surface area contributed by atoms with Crippen LogP contribution in [0.4, 0.5) is 0 Å². The molecule has 1 aliphatic rings. The molecule has 7 atom stereocenters. The number of carbonyl (C=O) groups is 1. The maximum atomic E-state index is 13.6. The molecule has 2 aromatic rings. The standard InChI is InChI=1S/C20H26N3O10P/c1-11(19(27)30-3)22-34(29,33-13-7-5-4-6-8-13)32-12(2)17-15(25)16(26)18(31-17)23-10-9-14(24)21-20(23)28/h4-12,15-18,25-26H,1-3H3,(H,22,29)(H,21,24,28)/t11-,12-,15-,16+,17+,18+,34?/m0/s1. The van der Waals surface area contributed by atoms with E-state index in [-0.39, 0.29) is 5.75 Å². The number of nitrogens with zero attached hydrogens (tertiary/aromatic N) is 1. The summed E-state index contributed by atoms with van der Waals surface area (Å²) < 4.78 is 35.9. The van der Waals surface area contributed by atoms with Gasteiger partial charge in [-0.2, -0.15) is 5.09 Å². The van der Waals surface area contributed by atoms with Crippen LogP contribution in [-0.4, -0.2) is 63.3 Å². The highest BCUT2D eigenvalue weighted by Crippen LogP contribution is 2.47. The Balaban J connectivity index is 1.82. The Morgan fingerprint density at radius 3 is 2.47 bits per heavy atom. The van der Waals surface area contributed by atoms with Crippen molar-refractivity contribution < 1.29 is 38.1 Å². The average Bonchev–Trinajstić information content (AvgIpc) is 3.08. The van der Waals surface area contributed by atoms with Crippen LogP contribution in [0.5, 0.6) is 5.75 Å². The lowest BCUT2D eigenvalue weighted by Crippen LogP contribution is -2.41.